The minimum Gasteiger partial charge on any atom is -0.103 e. The molecule has 0 unspecified atom stereocenters. The summed E-state index contributed by atoms with van der Waals surface area (Å²) in [6.07, 6.45) is 11.9. The van der Waals surface area contributed by atoms with E-state index in [-0.39, 0.29) is 0 Å². The van der Waals surface area contributed by atoms with Crippen LogP contribution in [0.5, 0.6) is 0 Å². The lowest BCUT2D eigenvalue weighted by molar-refractivity contribution is 0.886. The van der Waals surface area contributed by atoms with Gasteiger partial charge >= 0.3 is 0 Å². The smallest absolute Gasteiger partial charge is 0.0161 e. The number of aryl methyl sites for hydroxylation is 4. The molecular weight excluding hydrogens is 408 g/mol. The topological polar surface area (TPSA) is 0 Å². The van der Waals surface area contributed by atoms with Gasteiger partial charge in [0.15, 0.2) is 0 Å². The van der Waals surface area contributed by atoms with E-state index in [1.807, 2.05) is 6.92 Å². The van der Waals surface area contributed by atoms with Crippen LogP contribution in [0, 0.1) is 6.92 Å². The molecule has 0 aliphatic heterocycles. The van der Waals surface area contributed by atoms with Crippen LogP contribution in [0.1, 0.15) is 73.9 Å². The zero-order chi connectivity index (χ0) is 25.2. The van der Waals surface area contributed by atoms with Crippen molar-refractivity contribution in [3.63, 3.8) is 0 Å². The Balaban J connectivity index is 0.000000732. The third kappa shape index (κ3) is 11.1. The molecule has 0 spiro atoms. The van der Waals surface area contributed by atoms with Crippen LogP contribution in [0.25, 0.3) is 11.6 Å². The van der Waals surface area contributed by atoms with Gasteiger partial charge in [-0.15, -0.1) is 6.58 Å². The van der Waals surface area contributed by atoms with E-state index >= 15 is 0 Å². The molecule has 0 heterocycles. The van der Waals surface area contributed by atoms with E-state index in [1.54, 1.807) is 6.08 Å². The van der Waals surface area contributed by atoms with Crippen molar-refractivity contribution < 1.29 is 0 Å². The van der Waals surface area contributed by atoms with Crippen LogP contribution in [0.4, 0.5) is 0 Å². The molecule has 0 aromatic heterocycles. The molecule has 0 fully saturated rings. The van der Waals surface area contributed by atoms with Crippen LogP contribution >= 0.6 is 0 Å². The van der Waals surface area contributed by atoms with Crippen LogP contribution in [0.15, 0.2) is 98.1 Å². The van der Waals surface area contributed by atoms with Gasteiger partial charge in [-0.25, -0.2) is 0 Å². The Labute approximate surface area is 209 Å². The highest BCUT2D eigenvalue weighted by atomic mass is 14.1. The lowest BCUT2D eigenvalue weighted by atomic mass is 9.99. The molecule has 34 heavy (non-hydrogen) atoms. The van der Waals surface area contributed by atoms with Gasteiger partial charge in [0, 0.05) is 0 Å². The quantitative estimate of drug-likeness (QED) is 0.235. The molecule has 0 atom stereocenters. The summed E-state index contributed by atoms with van der Waals surface area (Å²) in [6, 6.07) is 26.2. The van der Waals surface area contributed by atoms with Crippen molar-refractivity contribution in [2.45, 2.75) is 66.7 Å². The molecule has 0 N–H and O–H groups in total. The van der Waals surface area contributed by atoms with Crippen LogP contribution in [0.3, 0.4) is 0 Å². The van der Waals surface area contributed by atoms with Crippen LogP contribution in [0.2, 0.25) is 0 Å². The molecule has 0 nitrogen and oxygen atoms in total. The van der Waals surface area contributed by atoms with Crippen molar-refractivity contribution >= 4 is 11.6 Å². The zero-order valence-corrected chi connectivity index (χ0v) is 22.1. The van der Waals surface area contributed by atoms with Gasteiger partial charge in [0.25, 0.3) is 0 Å². The van der Waals surface area contributed by atoms with Gasteiger partial charge in [-0.05, 0) is 72.1 Å². The Morgan fingerprint density at radius 3 is 1.94 bits per heavy atom. The molecule has 3 aromatic carbocycles. The number of allylic oxidation sites excluding steroid dienone is 3. The summed E-state index contributed by atoms with van der Waals surface area (Å²) in [7, 11) is 0. The first-order valence-electron chi connectivity index (χ1n) is 12.7. The summed E-state index contributed by atoms with van der Waals surface area (Å²) < 4.78 is 0. The highest BCUT2D eigenvalue weighted by Crippen LogP contribution is 2.20. The van der Waals surface area contributed by atoms with Crippen molar-refractivity contribution in [3.8, 4) is 0 Å². The maximum Gasteiger partial charge on any atom is -0.0161 e. The minimum absolute atomic E-state index is 1.05. The average Bonchev–Trinajstić information content (AvgIpc) is 2.87. The van der Waals surface area contributed by atoms with Gasteiger partial charge in [-0.2, -0.15) is 0 Å². The van der Waals surface area contributed by atoms with Gasteiger partial charge in [0.1, 0.15) is 0 Å². The summed E-state index contributed by atoms with van der Waals surface area (Å²) in [6.45, 7) is 18.2. The normalized spacial score (nSPS) is 10.0. The number of hydrogen-bond donors (Lipinski definition) is 0. The van der Waals surface area contributed by atoms with E-state index < -0.39 is 0 Å². The van der Waals surface area contributed by atoms with E-state index in [4.69, 9.17) is 0 Å². The predicted octanol–water partition coefficient (Wildman–Crippen LogP) is 10.1. The lowest BCUT2D eigenvalue weighted by Crippen LogP contribution is -1.92. The molecule has 0 amide bonds. The summed E-state index contributed by atoms with van der Waals surface area (Å²) >= 11 is 0. The Morgan fingerprint density at radius 1 is 0.765 bits per heavy atom. The van der Waals surface area contributed by atoms with E-state index in [2.05, 4.69) is 126 Å². The highest BCUT2D eigenvalue weighted by molar-refractivity contribution is 5.78. The number of rotatable bonds is 8. The summed E-state index contributed by atoms with van der Waals surface area (Å²) in [4.78, 5) is 0. The molecule has 3 rings (SSSR count). The van der Waals surface area contributed by atoms with Crippen molar-refractivity contribution in [2.75, 3.05) is 0 Å². The fourth-order valence-electron chi connectivity index (χ4n) is 3.30. The molecule has 0 saturated heterocycles. The molecule has 180 valence electrons. The first-order chi connectivity index (χ1) is 16.5. The molecule has 0 bridgehead atoms. The maximum absolute atomic E-state index is 4.23. The minimum atomic E-state index is 1.05. The average molecular weight is 453 g/mol. The number of unbranched alkanes of at least 4 members (excludes halogenated alkanes) is 1. The molecule has 0 aliphatic rings. The van der Waals surface area contributed by atoms with Crippen molar-refractivity contribution in [1.82, 2.24) is 0 Å². The molecule has 3 aromatic rings. The summed E-state index contributed by atoms with van der Waals surface area (Å²) in [5.41, 5.74) is 8.92. The summed E-state index contributed by atoms with van der Waals surface area (Å²) in [5.74, 6) is 0. The lowest BCUT2D eigenvalue weighted by Gasteiger charge is -2.06. The molecule has 0 heteroatoms. The molecule has 0 aliphatic carbocycles. The molecule has 0 saturated carbocycles. The Bertz CT molecular complexity index is 1000. The van der Waals surface area contributed by atoms with Crippen molar-refractivity contribution in [3.05, 3.63) is 131 Å². The summed E-state index contributed by atoms with van der Waals surface area (Å²) in [5, 5.41) is 0. The maximum atomic E-state index is 4.23. The fraction of sp³-hybridized carbons (Fsp3) is 0.294. The van der Waals surface area contributed by atoms with Crippen molar-refractivity contribution in [2.24, 2.45) is 0 Å². The first-order valence-corrected chi connectivity index (χ1v) is 12.7. The monoisotopic (exact) mass is 452 g/mol. The number of benzene rings is 3. The second kappa shape index (κ2) is 17.4. The second-order valence-electron chi connectivity index (χ2n) is 8.50. The SMILES string of the molecule is C=C(/C=C/c1cccc(CCc2ccc(CC)cc2)c1)c1ccccc1C.C=CC.CCCC. The third-order valence-electron chi connectivity index (χ3n) is 5.55. The van der Waals surface area contributed by atoms with Crippen molar-refractivity contribution in [1.29, 1.82) is 0 Å². The van der Waals surface area contributed by atoms with Crippen LogP contribution < -0.4 is 0 Å². The Hall–Kier alpha value is -3.12. The fourth-order valence-corrected chi connectivity index (χ4v) is 3.30. The van der Waals surface area contributed by atoms with E-state index in [0.717, 1.165) is 24.8 Å². The van der Waals surface area contributed by atoms with Gasteiger partial charge in [0.05, 0.1) is 0 Å². The molecular formula is C34H44. The highest BCUT2D eigenvalue weighted by Gasteiger charge is 2.00. The Kier molecular flexibility index (Phi) is 14.8. The van der Waals surface area contributed by atoms with E-state index in [1.165, 1.54) is 46.2 Å². The standard InChI is InChI=1S/C27H28.C4H10.C3H6/c1-4-23-14-16-24(17-15-23)18-19-26-10-7-9-25(20-26)13-12-22(3)27-11-6-5-8-21(27)2;1-3-4-2;1-3-2/h5-17,20H,3-4,18-19H2,1-2H3;3-4H2,1-2H3;3H,1H2,2H3/b13-12+;;. The zero-order valence-electron chi connectivity index (χ0n) is 22.1. The first kappa shape index (κ1) is 28.9. The molecule has 0 radical (unpaired) electrons. The Morgan fingerprint density at radius 2 is 1.35 bits per heavy atom. The van der Waals surface area contributed by atoms with Gasteiger partial charge in [0.2, 0.25) is 0 Å². The third-order valence-corrected chi connectivity index (χ3v) is 5.55. The van der Waals surface area contributed by atoms with E-state index in [9.17, 15) is 0 Å². The number of hydrogen-bond acceptors (Lipinski definition) is 0. The van der Waals surface area contributed by atoms with Gasteiger partial charge < -0.3 is 0 Å². The van der Waals surface area contributed by atoms with Gasteiger partial charge in [-0.3, -0.25) is 0 Å². The van der Waals surface area contributed by atoms with Crippen LogP contribution in [-0.4, -0.2) is 0 Å². The van der Waals surface area contributed by atoms with Gasteiger partial charge in [-0.1, -0.05) is 131 Å². The predicted molar refractivity (Wildman–Crippen MR) is 155 cm³/mol. The van der Waals surface area contributed by atoms with E-state index in [0.29, 0.717) is 0 Å². The largest absolute Gasteiger partial charge is 0.103 e. The van der Waals surface area contributed by atoms with Crippen LogP contribution in [-0.2, 0) is 19.3 Å². The second-order valence-corrected chi connectivity index (χ2v) is 8.50.